The number of nitrogen functional groups attached to an aromatic ring is 1. The molecule has 2 aromatic rings. The van der Waals surface area contributed by atoms with Gasteiger partial charge in [-0.05, 0) is 30.7 Å². The molecule has 0 amide bonds. The van der Waals surface area contributed by atoms with Gasteiger partial charge in [0, 0.05) is 12.1 Å². The maximum Gasteiger partial charge on any atom is 0.271 e. The molecule has 140 valence electrons. The minimum Gasteiger partial charge on any atom is -0.397 e. The molecular weight excluding hydrogens is 316 g/mol. The van der Waals surface area contributed by atoms with Gasteiger partial charge in [-0.3, -0.25) is 15.1 Å². The second-order valence-corrected chi connectivity index (χ2v) is 4.21. The highest BCUT2D eigenvalue weighted by Gasteiger charge is 2.14. The van der Waals surface area contributed by atoms with E-state index in [9.17, 15) is 10.1 Å². The number of nitrogens with zero attached hydrogens (tertiary/aromatic N) is 2. The zero-order chi connectivity index (χ0) is 20.0. The maximum atomic E-state index is 10.8. The second kappa shape index (κ2) is 13.8. The van der Waals surface area contributed by atoms with Crippen LogP contribution in [0.5, 0.6) is 0 Å². The van der Waals surface area contributed by atoms with Crippen molar-refractivity contribution in [3.05, 3.63) is 58.1 Å². The van der Waals surface area contributed by atoms with Crippen LogP contribution in [0.2, 0.25) is 0 Å². The van der Waals surface area contributed by atoms with Gasteiger partial charge in [-0.15, -0.1) is 0 Å². The van der Waals surface area contributed by atoms with Crippen molar-refractivity contribution in [1.29, 1.82) is 0 Å². The molecule has 0 aliphatic heterocycles. The average molecular weight is 348 g/mol. The van der Waals surface area contributed by atoms with Gasteiger partial charge in [0.1, 0.15) is 0 Å². The number of nitro groups is 1. The molecule has 0 radical (unpaired) electrons. The fourth-order valence-electron chi connectivity index (χ4n) is 1.77. The molecule has 2 aromatic carbocycles. The Labute approximate surface area is 151 Å². The normalized spacial score (nSPS) is 8.48. The van der Waals surface area contributed by atoms with Crippen LogP contribution in [0, 0.1) is 17.0 Å². The van der Waals surface area contributed by atoms with E-state index in [-0.39, 0.29) is 5.69 Å². The van der Waals surface area contributed by atoms with Gasteiger partial charge in [0.25, 0.3) is 5.69 Å². The summed E-state index contributed by atoms with van der Waals surface area (Å²) in [5, 5.41) is 12.1. The van der Waals surface area contributed by atoms with Crippen molar-refractivity contribution in [1.82, 2.24) is 0 Å². The standard InChI is InChI=1S/C13H14N4O2.3C2H6/c1-9-3-2-4-10(7-9)16(15)13-8-11(17(18)19)5-6-12(13)14;3*1-2/h2-8H,14-15H2,1H3;3*1-2H3. The first-order valence-corrected chi connectivity index (χ1v) is 8.64. The Morgan fingerprint density at radius 3 is 2.00 bits per heavy atom. The number of non-ortho nitro benzene ring substituents is 1. The molecule has 0 aliphatic rings. The summed E-state index contributed by atoms with van der Waals surface area (Å²) in [6.45, 7) is 13.9. The number of nitro benzene ring substituents is 1. The zero-order valence-electron chi connectivity index (χ0n) is 16.4. The second-order valence-electron chi connectivity index (χ2n) is 4.21. The van der Waals surface area contributed by atoms with Crippen LogP contribution in [-0.2, 0) is 0 Å². The van der Waals surface area contributed by atoms with Crippen LogP contribution in [0.25, 0.3) is 0 Å². The molecule has 6 heteroatoms. The summed E-state index contributed by atoms with van der Waals surface area (Å²) in [5.41, 5.74) is 8.31. The van der Waals surface area contributed by atoms with Gasteiger partial charge in [0.15, 0.2) is 0 Å². The van der Waals surface area contributed by atoms with Crippen molar-refractivity contribution < 1.29 is 4.92 Å². The maximum absolute atomic E-state index is 10.8. The van der Waals surface area contributed by atoms with Gasteiger partial charge in [0.2, 0.25) is 0 Å². The van der Waals surface area contributed by atoms with E-state index in [2.05, 4.69) is 0 Å². The highest BCUT2D eigenvalue weighted by Crippen LogP contribution is 2.31. The Kier molecular flexibility index (Phi) is 13.6. The number of hydrogen-bond donors (Lipinski definition) is 2. The van der Waals surface area contributed by atoms with Gasteiger partial charge in [-0.25, -0.2) is 5.84 Å². The lowest BCUT2D eigenvalue weighted by molar-refractivity contribution is -0.384. The lowest BCUT2D eigenvalue weighted by atomic mass is 10.2. The van der Waals surface area contributed by atoms with Crippen molar-refractivity contribution in [3.63, 3.8) is 0 Å². The van der Waals surface area contributed by atoms with Crippen LogP contribution < -0.4 is 16.6 Å². The summed E-state index contributed by atoms with van der Waals surface area (Å²) >= 11 is 0. The molecule has 4 N–H and O–H groups in total. The highest BCUT2D eigenvalue weighted by molar-refractivity contribution is 5.76. The SMILES string of the molecule is CC.CC.CC.Cc1cccc(N(N)c2cc([N+](=O)[O-])ccc2N)c1. The first kappa shape index (κ1) is 24.6. The van der Waals surface area contributed by atoms with Gasteiger partial charge in [-0.2, -0.15) is 0 Å². The van der Waals surface area contributed by atoms with Gasteiger partial charge in [-0.1, -0.05) is 53.7 Å². The fraction of sp³-hybridized carbons (Fsp3) is 0.368. The van der Waals surface area contributed by atoms with Crippen LogP contribution in [0.4, 0.5) is 22.7 Å². The predicted octanol–water partition coefficient (Wildman–Crippen LogP) is 5.58. The molecule has 2 rings (SSSR count). The molecule has 0 saturated heterocycles. The summed E-state index contributed by atoms with van der Waals surface area (Å²) < 4.78 is 0. The van der Waals surface area contributed by atoms with E-state index in [4.69, 9.17) is 11.6 Å². The minimum atomic E-state index is -0.479. The zero-order valence-corrected chi connectivity index (χ0v) is 16.4. The van der Waals surface area contributed by atoms with Crippen molar-refractivity contribution in [2.24, 2.45) is 5.84 Å². The molecule has 0 heterocycles. The molecule has 0 aromatic heterocycles. The molecule has 0 fully saturated rings. The van der Waals surface area contributed by atoms with E-state index >= 15 is 0 Å². The van der Waals surface area contributed by atoms with E-state index in [1.807, 2.05) is 72.7 Å². The number of aryl methyl sites for hydroxylation is 1. The van der Waals surface area contributed by atoms with E-state index < -0.39 is 4.92 Å². The Morgan fingerprint density at radius 1 is 0.960 bits per heavy atom. The molecule has 6 nitrogen and oxygen atoms in total. The van der Waals surface area contributed by atoms with Crippen LogP contribution in [0.15, 0.2) is 42.5 Å². The molecule has 0 atom stereocenters. The third-order valence-corrected chi connectivity index (χ3v) is 2.76. The average Bonchev–Trinajstić information content (AvgIpc) is 2.66. The number of hydrogen-bond acceptors (Lipinski definition) is 5. The van der Waals surface area contributed by atoms with Crippen LogP contribution in [0.1, 0.15) is 47.1 Å². The molecule has 0 aliphatic carbocycles. The highest BCUT2D eigenvalue weighted by atomic mass is 16.6. The van der Waals surface area contributed by atoms with Crippen LogP contribution in [0.3, 0.4) is 0 Å². The topological polar surface area (TPSA) is 98.4 Å². The predicted molar refractivity (Wildman–Crippen MR) is 109 cm³/mol. The summed E-state index contributed by atoms with van der Waals surface area (Å²) in [6.07, 6.45) is 0. The van der Waals surface area contributed by atoms with Gasteiger partial charge in [0.05, 0.1) is 22.0 Å². The third kappa shape index (κ3) is 7.67. The number of nitrogens with two attached hydrogens (primary N) is 2. The van der Waals surface area contributed by atoms with E-state index in [0.29, 0.717) is 17.1 Å². The first-order chi connectivity index (χ1) is 12.0. The van der Waals surface area contributed by atoms with E-state index in [0.717, 1.165) is 5.56 Å². The number of rotatable bonds is 3. The summed E-state index contributed by atoms with van der Waals surface area (Å²) in [4.78, 5) is 10.3. The van der Waals surface area contributed by atoms with Crippen molar-refractivity contribution in [3.8, 4) is 0 Å². The largest absolute Gasteiger partial charge is 0.397 e. The first-order valence-electron chi connectivity index (χ1n) is 8.64. The summed E-state index contributed by atoms with van der Waals surface area (Å²) in [6, 6.07) is 11.7. The quantitative estimate of drug-likeness (QED) is 0.327. The van der Waals surface area contributed by atoms with Crippen molar-refractivity contribution in [2.45, 2.75) is 48.5 Å². The summed E-state index contributed by atoms with van der Waals surface area (Å²) in [5.74, 6) is 5.99. The smallest absolute Gasteiger partial charge is 0.271 e. The Balaban J connectivity index is 0. The Hall–Kier alpha value is -2.60. The van der Waals surface area contributed by atoms with Crippen LogP contribution in [-0.4, -0.2) is 4.92 Å². The molecule has 0 unspecified atom stereocenters. The van der Waals surface area contributed by atoms with Crippen molar-refractivity contribution in [2.75, 3.05) is 10.7 Å². The Morgan fingerprint density at radius 2 is 1.52 bits per heavy atom. The lowest BCUT2D eigenvalue weighted by Gasteiger charge is -2.20. The number of hydrazine groups is 1. The molecule has 0 spiro atoms. The lowest BCUT2D eigenvalue weighted by Crippen LogP contribution is -2.26. The minimum absolute atomic E-state index is 0.0488. The van der Waals surface area contributed by atoms with E-state index in [1.165, 1.54) is 23.2 Å². The fourth-order valence-corrected chi connectivity index (χ4v) is 1.77. The number of benzene rings is 2. The molecular formula is C19H32N4O2. The van der Waals surface area contributed by atoms with Gasteiger partial charge >= 0.3 is 0 Å². The molecule has 0 bridgehead atoms. The molecule has 0 saturated carbocycles. The summed E-state index contributed by atoms with van der Waals surface area (Å²) in [7, 11) is 0. The Bertz CT molecular complexity index is 631. The number of anilines is 3. The van der Waals surface area contributed by atoms with Crippen LogP contribution >= 0.6 is 0 Å². The van der Waals surface area contributed by atoms with E-state index in [1.54, 1.807) is 0 Å². The monoisotopic (exact) mass is 348 g/mol. The molecule has 25 heavy (non-hydrogen) atoms. The van der Waals surface area contributed by atoms with Crippen molar-refractivity contribution >= 4 is 22.7 Å². The third-order valence-electron chi connectivity index (χ3n) is 2.76. The van der Waals surface area contributed by atoms with Gasteiger partial charge < -0.3 is 5.73 Å².